The largest absolute Gasteiger partial charge is 0.491 e. The van der Waals surface area contributed by atoms with Crippen molar-refractivity contribution in [2.75, 3.05) is 18.5 Å². The molecule has 0 heterocycles. The average molecular weight is 354 g/mol. The van der Waals surface area contributed by atoms with Crippen LogP contribution in [0.5, 0.6) is 5.75 Å². The van der Waals surface area contributed by atoms with Gasteiger partial charge < -0.3 is 15.2 Å². The third-order valence-electron chi connectivity index (χ3n) is 2.96. The van der Waals surface area contributed by atoms with E-state index in [-0.39, 0.29) is 12.4 Å². The summed E-state index contributed by atoms with van der Waals surface area (Å²) in [6, 6.07) is 11.6. The van der Waals surface area contributed by atoms with Crippen molar-refractivity contribution in [2.45, 2.75) is 13.0 Å². The molecule has 0 aliphatic heterocycles. The number of benzene rings is 2. The van der Waals surface area contributed by atoms with E-state index in [0.717, 1.165) is 15.7 Å². The number of nitrogens with one attached hydrogen (secondary N) is 1. The van der Waals surface area contributed by atoms with Crippen molar-refractivity contribution in [1.82, 2.24) is 0 Å². The lowest BCUT2D eigenvalue weighted by atomic mass is 10.2. The van der Waals surface area contributed by atoms with Gasteiger partial charge in [-0.3, -0.25) is 0 Å². The highest BCUT2D eigenvalue weighted by molar-refractivity contribution is 9.10. The lowest BCUT2D eigenvalue weighted by Gasteiger charge is -2.14. The molecule has 21 heavy (non-hydrogen) atoms. The summed E-state index contributed by atoms with van der Waals surface area (Å²) in [6.45, 7) is 2.53. The zero-order valence-electron chi connectivity index (χ0n) is 11.6. The molecule has 2 N–H and O–H groups in total. The SMILES string of the molecule is Cc1cc(NCC(O)COc2ccc(F)cc2)ccc1Br. The predicted molar refractivity (Wildman–Crippen MR) is 85.3 cm³/mol. The second kappa shape index (κ2) is 7.43. The summed E-state index contributed by atoms with van der Waals surface area (Å²) in [7, 11) is 0. The number of aliphatic hydroxyl groups is 1. The van der Waals surface area contributed by atoms with Gasteiger partial charge in [-0.25, -0.2) is 4.39 Å². The molecule has 0 radical (unpaired) electrons. The molecule has 2 aromatic carbocycles. The van der Waals surface area contributed by atoms with Crippen molar-refractivity contribution >= 4 is 21.6 Å². The zero-order valence-corrected chi connectivity index (χ0v) is 13.2. The molecule has 5 heteroatoms. The normalized spacial score (nSPS) is 12.0. The summed E-state index contributed by atoms with van der Waals surface area (Å²) >= 11 is 3.44. The van der Waals surface area contributed by atoms with Crippen LogP contribution in [-0.4, -0.2) is 24.4 Å². The molecule has 0 aliphatic carbocycles. The summed E-state index contributed by atoms with van der Waals surface area (Å²) in [5.41, 5.74) is 2.06. The van der Waals surface area contributed by atoms with E-state index in [0.29, 0.717) is 12.3 Å². The third kappa shape index (κ3) is 5.02. The highest BCUT2D eigenvalue weighted by atomic mass is 79.9. The molecular weight excluding hydrogens is 337 g/mol. The summed E-state index contributed by atoms with van der Waals surface area (Å²) in [6.07, 6.45) is -0.654. The lowest BCUT2D eigenvalue weighted by Crippen LogP contribution is -2.26. The number of ether oxygens (including phenoxy) is 1. The van der Waals surface area contributed by atoms with Crippen molar-refractivity contribution in [3.8, 4) is 5.75 Å². The molecule has 0 aromatic heterocycles. The number of hydrogen-bond donors (Lipinski definition) is 2. The topological polar surface area (TPSA) is 41.5 Å². The Labute approximate surface area is 131 Å². The smallest absolute Gasteiger partial charge is 0.123 e. The maximum absolute atomic E-state index is 12.7. The fourth-order valence-corrected chi connectivity index (χ4v) is 2.02. The molecule has 0 spiro atoms. The van der Waals surface area contributed by atoms with Crippen LogP contribution in [0, 0.1) is 12.7 Å². The molecule has 3 nitrogen and oxygen atoms in total. The van der Waals surface area contributed by atoms with Crippen LogP contribution in [0.15, 0.2) is 46.9 Å². The van der Waals surface area contributed by atoms with Gasteiger partial charge in [-0.2, -0.15) is 0 Å². The van der Waals surface area contributed by atoms with Crippen LogP contribution in [-0.2, 0) is 0 Å². The van der Waals surface area contributed by atoms with Crippen LogP contribution in [0.2, 0.25) is 0 Å². The summed E-state index contributed by atoms with van der Waals surface area (Å²) in [5.74, 6) is 0.227. The second-order valence-electron chi connectivity index (χ2n) is 4.76. The predicted octanol–water partition coefficient (Wildman–Crippen LogP) is 3.75. The van der Waals surface area contributed by atoms with Crippen LogP contribution >= 0.6 is 15.9 Å². The first kappa shape index (κ1) is 15.8. The average Bonchev–Trinajstić information content (AvgIpc) is 2.48. The van der Waals surface area contributed by atoms with Crippen LogP contribution < -0.4 is 10.1 Å². The maximum atomic E-state index is 12.7. The highest BCUT2D eigenvalue weighted by Crippen LogP contribution is 2.20. The first-order valence-corrected chi connectivity index (χ1v) is 7.40. The lowest BCUT2D eigenvalue weighted by molar-refractivity contribution is 0.117. The third-order valence-corrected chi connectivity index (χ3v) is 3.85. The molecule has 2 rings (SSSR count). The molecule has 0 amide bonds. The van der Waals surface area contributed by atoms with E-state index in [9.17, 15) is 9.50 Å². The number of aryl methyl sites for hydroxylation is 1. The van der Waals surface area contributed by atoms with Gasteiger partial charge in [-0.1, -0.05) is 15.9 Å². The Morgan fingerprint density at radius 2 is 1.95 bits per heavy atom. The molecule has 1 atom stereocenters. The van der Waals surface area contributed by atoms with Crippen LogP contribution in [0.4, 0.5) is 10.1 Å². The molecule has 2 aromatic rings. The van der Waals surface area contributed by atoms with Crippen LogP contribution in [0.3, 0.4) is 0 Å². The van der Waals surface area contributed by atoms with Crippen molar-refractivity contribution in [3.05, 3.63) is 58.3 Å². The molecule has 112 valence electrons. The standard InChI is InChI=1S/C16H17BrFNO2/c1-11-8-13(4-7-16(11)17)19-9-14(20)10-21-15-5-2-12(18)3-6-15/h2-8,14,19-20H,9-10H2,1H3. The Morgan fingerprint density at radius 1 is 1.24 bits per heavy atom. The van der Waals surface area contributed by atoms with Gasteiger partial charge in [0.15, 0.2) is 0 Å². The van der Waals surface area contributed by atoms with Crippen molar-refractivity contribution in [1.29, 1.82) is 0 Å². The fourth-order valence-electron chi connectivity index (χ4n) is 1.77. The number of halogens is 2. The number of aliphatic hydroxyl groups excluding tert-OH is 1. The van der Waals surface area contributed by atoms with Crippen LogP contribution in [0.1, 0.15) is 5.56 Å². The first-order chi connectivity index (χ1) is 10.0. The molecule has 1 unspecified atom stereocenters. The summed E-state index contributed by atoms with van der Waals surface area (Å²) in [5, 5.41) is 13.0. The molecule has 0 bridgehead atoms. The van der Waals surface area contributed by atoms with E-state index >= 15 is 0 Å². The van der Waals surface area contributed by atoms with Gasteiger partial charge in [0.05, 0.1) is 0 Å². The van der Waals surface area contributed by atoms with Crippen LogP contribution in [0.25, 0.3) is 0 Å². The second-order valence-corrected chi connectivity index (χ2v) is 5.62. The van der Waals surface area contributed by atoms with Gasteiger partial charge >= 0.3 is 0 Å². The Morgan fingerprint density at radius 3 is 2.62 bits per heavy atom. The van der Waals surface area contributed by atoms with Gasteiger partial charge in [0.25, 0.3) is 0 Å². The summed E-state index contributed by atoms with van der Waals surface area (Å²) in [4.78, 5) is 0. The zero-order chi connectivity index (χ0) is 15.2. The Bertz CT molecular complexity index is 589. The number of hydrogen-bond acceptors (Lipinski definition) is 3. The minimum Gasteiger partial charge on any atom is -0.491 e. The summed E-state index contributed by atoms with van der Waals surface area (Å²) < 4.78 is 19.2. The van der Waals surface area contributed by atoms with Gasteiger partial charge in [-0.05, 0) is 55.0 Å². The van der Waals surface area contributed by atoms with E-state index in [2.05, 4.69) is 21.2 Å². The number of rotatable bonds is 6. The first-order valence-electron chi connectivity index (χ1n) is 6.61. The van der Waals surface area contributed by atoms with Gasteiger partial charge in [0.1, 0.15) is 24.3 Å². The van der Waals surface area contributed by atoms with E-state index in [4.69, 9.17) is 4.74 Å². The van der Waals surface area contributed by atoms with E-state index in [1.165, 1.54) is 24.3 Å². The number of anilines is 1. The van der Waals surface area contributed by atoms with E-state index in [1.54, 1.807) is 0 Å². The molecule has 0 saturated carbocycles. The van der Waals surface area contributed by atoms with E-state index < -0.39 is 6.10 Å². The van der Waals surface area contributed by atoms with Gasteiger partial charge in [0.2, 0.25) is 0 Å². The minimum atomic E-state index is -0.654. The molecule has 0 fully saturated rings. The monoisotopic (exact) mass is 353 g/mol. The van der Waals surface area contributed by atoms with Crippen molar-refractivity contribution in [3.63, 3.8) is 0 Å². The Kier molecular flexibility index (Phi) is 5.59. The highest BCUT2D eigenvalue weighted by Gasteiger charge is 2.06. The maximum Gasteiger partial charge on any atom is 0.123 e. The van der Waals surface area contributed by atoms with Crippen molar-refractivity contribution < 1.29 is 14.2 Å². The van der Waals surface area contributed by atoms with Gasteiger partial charge in [-0.15, -0.1) is 0 Å². The Hall–Kier alpha value is -1.59. The molecular formula is C16H17BrFNO2. The fraction of sp³-hybridized carbons (Fsp3) is 0.250. The van der Waals surface area contributed by atoms with E-state index in [1.807, 2.05) is 25.1 Å². The minimum absolute atomic E-state index is 0.147. The Balaban J connectivity index is 1.77. The van der Waals surface area contributed by atoms with Gasteiger partial charge in [0, 0.05) is 16.7 Å². The quantitative estimate of drug-likeness (QED) is 0.830. The van der Waals surface area contributed by atoms with Crippen molar-refractivity contribution in [2.24, 2.45) is 0 Å². The molecule has 0 aliphatic rings. The molecule has 0 saturated heterocycles.